The molecule has 1 fully saturated rings. The standard InChI is InChI=1S/C17H23N3O/c1-13(2)17-10-18-16(14-6-4-3-5-7-14)12-20(17)11-15-8-9-21-19-15/h3-9,13,16-18H,10-12H2,1-2H3. The van der Waals surface area contributed by atoms with Crippen LogP contribution in [0.25, 0.3) is 0 Å². The summed E-state index contributed by atoms with van der Waals surface area (Å²) in [7, 11) is 0. The quantitative estimate of drug-likeness (QED) is 0.938. The lowest BCUT2D eigenvalue weighted by atomic mass is 9.95. The molecule has 0 aliphatic carbocycles. The molecule has 4 nitrogen and oxygen atoms in total. The van der Waals surface area contributed by atoms with Crippen LogP contribution in [-0.2, 0) is 6.54 Å². The van der Waals surface area contributed by atoms with Gasteiger partial charge in [0.15, 0.2) is 0 Å². The van der Waals surface area contributed by atoms with Gasteiger partial charge < -0.3 is 9.84 Å². The fourth-order valence-corrected chi connectivity index (χ4v) is 3.10. The third kappa shape index (κ3) is 3.34. The number of hydrogen-bond donors (Lipinski definition) is 1. The molecule has 3 rings (SSSR count). The highest BCUT2D eigenvalue weighted by Gasteiger charge is 2.30. The Morgan fingerprint density at radius 3 is 2.76 bits per heavy atom. The summed E-state index contributed by atoms with van der Waals surface area (Å²) in [5.74, 6) is 0.612. The largest absolute Gasteiger partial charge is 0.364 e. The lowest BCUT2D eigenvalue weighted by Crippen LogP contribution is -2.54. The van der Waals surface area contributed by atoms with Crippen LogP contribution in [0, 0.1) is 5.92 Å². The van der Waals surface area contributed by atoms with Gasteiger partial charge in [-0.3, -0.25) is 4.90 Å². The van der Waals surface area contributed by atoms with E-state index in [9.17, 15) is 0 Å². The lowest BCUT2D eigenvalue weighted by Gasteiger charge is -2.42. The van der Waals surface area contributed by atoms with Gasteiger partial charge in [-0.2, -0.15) is 0 Å². The van der Waals surface area contributed by atoms with E-state index in [-0.39, 0.29) is 0 Å². The summed E-state index contributed by atoms with van der Waals surface area (Å²) >= 11 is 0. The first-order chi connectivity index (χ1) is 10.2. The smallest absolute Gasteiger partial charge is 0.124 e. The molecule has 1 N–H and O–H groups in total. The molecule has 2 atom stereocenters. The highest BCUT2D eigenvalue weighted by molar-refractivity contribution is 5.20. The van der Waals surface area contributed by atoms with Crippen LogP contribution in [0.15, 0.2) is 47.2 Å². The second kappa shape index (κ2) is 6.41. The average molecular weight is 285 g/mol. The zero-order valence-electron chi connectivity index (χ0n) is 12.7. The molecule has 2 heterocycles. The van der Waals surface area contributed by atoms with Gasteiger partial charge in [0.05, 0.1) is 5.69 Å². The first-order valence-corrected chi connectivity index (χ1v) is 7.65. The summed E-state index contributed by atoms with van der Waals surface area (Å²) in [6.45, 7) is 7.43. The number of rotatable bonds is 4. The first-order valence-electron chi connectivity index (χ1n) is 7.65. The average Bonchev–Trinajstić information content (AvgIpc) is 3.01. The molecule has 1 aliphatic rings. The first kappa shape index (κ1) is 14.3. The van der Waals surface area contributed by atoms with E-state index in [4.69, 9.17) is 4.52 Å². The predicted molar refractivity (Wildman–Crippen MR) is 82.7 cm³/mol. The van der Waals surface area contributed by atoms with Gasteiger partial charge in [0, 0.05) is 37.8 Å². The van der Waals surface area contributed by atoms with Crippen LogP contribution in [0.5, 0.6) is 0 Å². The fourth-order valence-electron chi connectivity index (χ4n) is 3.10. The summed E-state index contributed by atoms with van der Waals surface area (Å²) in [6.07, 6.45) is 1.65. The molecule has 1 saturated heterocycles. The van der Waals surface area contributed by atoms with E-state index in [2.05, 4.69) is 59.6 Å². The van der Waals surface area contributed by atoms with Gasteiger partial charge in [-0.05, 0) is 11.5 Å². The van der Waals surface area contributed by atoms with E-state index in [0.29, 0.717) is 18.0 Å². The van der Waals surface area contributed by atoms with E-state index < -0.39 is 0 Å². The number of nitrogens with one attached hydrogen (secondary N) is 1. The number of benzene rings is 1. The van der Waals surface area contributed by atoms with Crippen LogP contribution in [-0.4, -0.2) is 29.2 Å². The maximum Gasteiger partial charge on any atom is 0.124 e. The molecule has 0 bridgehead atoms. The van der Waals surface area contributed by atoms with Crippen LogP contribution in [0.3, 0.4) is 0 Å². The van der Waals surface area contributed by atoms with Crippen molar-refractivity contribution in [3.05, 3.63) is 53.9 Å². The van der Waals surface area contributed by atoms with E-state index >= 15 is 0 Å². The summed E-state index contributed by atoms with van der Waals surface area (Å²) in [5.41, 5.74) is 2.36. The Kier molecular flexibility index (Phi) is 4.36. The van der Waals surface area contributed by atoms with Crippen LogP contribution in [0.1, 0.15) is 31.1 Å². The summed E-state index contributed by atoms with van der Waals surface area (Å²) in [4.78, 5) is 2.52. The van der Waals surface area contributed by atoms with Gasteiger partial charge >= 0.3 is 0 Å². The predicted octanol–water partition coefficient (Wildman–Crippen LogP) is 2.85. The minimum absolute atomic E-state index is 0.383. The minimum Gasteiger partial charge on any atom is -0.364 e. The number of hydrogen-bond acceptors (Lipinski definition) is 4. The normalized spacial score (nSPS) is 23.6. The molecule has 4 heteroatoms. The van der Waals surface area contributed by atoms with Crippen molar-refractivity contribution in [1.82, 2.24) is 15.4 Å². The molecular formula is C17H23N3O. The second-order valence-electron chi connectivity index (χ2n) is 6.10. The minimum atomic E-state index is 0.383. The zero-order valence-corrected chi connectivity index (χ0v) is 12.7. The monoisotopic (exact) mass is 285 g/mol. The Morgan fingerprint density at radius 1 is 1.29 bits per heavy atom. The van der Waals surface area contributed by atoms with Crippen LogP contribution in [0.2, 0.25) is 0 Å². The molecule has 112 valence electrons. The van der Waals surface area contributed by atoms with Gasteiger partial charge in [0.2, 0.25) is 0 Å². The van der Waals surface area contributed by atoms with Gasteiger partial charge in [0.1, 0.15) is 6.26 Å². The SMILES string of the molecule is CC(C)C1CNC(c2ccccc2)CN1Cc1ccon1. The third-order valence-electron chi connectivity index (χ3n) is 4.29. The topological polar surface area (TPSA) is 41.3 Å². The summed E-state index contributed by atoms with van der Waals surface area (Å²) in [6, 6.07) is 13.5. The third-order valence-corrected chi connectivity index (χ3v) is 4.29. The van der Waals surface area contributed by atoms with Crippen molar-refractivity contribution in [2.45, 2.75) is 32.5 Å². The molecule has 1 aromatic heterocycles. The molecular weight excluding hydrogens is 262 g/mol. The van der Waals surface area contributed by atoms with Crippen LogP contribution in [0.4, 0.5) is 0 Å². The van der Waals surface area contributed by atoms with E-state index in [1.807, 2.05) is 6.07 Å². The van der Waals surface area contributed by atoms with E-state index in [1.54, 1.807) is 6.26 Å². The Labute approximate surface area is 126 Å². The van der Waals surface area contributed by atoms with E-state index in [1.165, 1.54) is 5.56 Å². The highest BCUT2D eigenvalue weighted by atomic mass is 16.5. The van der Waals surface area contributed by atoms with Crippen LogP contribution < -0.4 is 5.32 Å². The molecule has 1 aliphatic heterocycles. The molecule has 0 radical (unpaired) electrons. The van der Waals surface area contributed by atoms with Gasteiger partial charge in [-0.15, -0.1) is 0 Å². The van der Waals surface area contributed by atoms with Crippen LogP contribution >= 0.6 is 0 Å². The Hall–Kier alpha value is -1.65. The molecule has 21 heavy (non-hydrogen) atoms. The Bertz CT molecular complexity index is 538. The molecule has 2 aromatic rings. The van der Waals surface area contributed by atoms with Crippen molar-refractivity contribution in [3.63, 3.8) is 0 Å². The van der Waals surface area contributed by atoms with Crippen molar-refractivity contribution in [1.29, 1.82) is 0 Å². The fraction of sp³-hybridized carbons (Fsp3) is 0.471. The summed E-state index contributed by atoms with van der Waals surface area (Å²) < 4.78 is 4.97. The highest BCUT2D eigenvalue weighted by Crippen LogP contribution is 2.24. The number of piperazine rings is 1. The van der Waals surface area contributed by atoms with Crippen molar-refractivity contribution >= 4 is 0 Å². The number of nitrogens with zero attached hydrogens (tertiary/aromatic N) is 2. The Morgan fingerprint density at radius 2 is 2.10 bits per heavy atom. The summed E-state index contributed by atoms with van der Waals surface area (Å²) in [5, 5.41) is 7.76. The maximum absolute atomic E-state index is 4.97. The molecule has 0 amide bonds. The van der Waals surface area contributed by atoms with Gasteiger partial charge in [-0.25, -0.2) is 0 Å². The molecule has 0 spiro atoms. The maximum atomic E-state index is 4.97. The van der Waals surface area contributed by atoms with Crippen molar-refractivity contribution in [3.8, 4) is 0 Å². The van der Waals surface area contributed by atoms with Crippen molar-refractivity contribution < 1.29 is 4.52 Å². The van der Waals surface area contributed by atoms with Gasteiger partial charge in [0.25, 0.3) is 0 Å². The second-order valence-corrected chi connectivity index (χ2v) is 6.10. The van der Waals surface area contributed by atoms with Gasteiger partial charge in [-0.1, -0.05) is 49.3 Å². The van der Waals surface area contributed by atoms with Crippen molar-refractivity contribution in [2.24, 2.45) is 5.92 Å². The lowest BCUT2D eigenvalue weighted by molar-refractivity contribution is 0.0887. The molecule has 0 saturated carbocycles. The van der Waals surface area contributed by atoms with E-state index in [0.717, 1.165) is 25.3 Å². The molecule has 2 unspecified atom stereocenters. The Balaban J connectivity index is 1.75. The molecule has 1 aromatic carbocycles. The van der Waals surface area contributed by atoms with Crippen molar-refractivity contribution in [2.75, 3.05) is 13.1 Å². The number of aromatic nitrogens is 1. The zero-order chi connectivity index (χ0) is 14.7.